The van der Waals surface area contributed by atoms with Crippen LogP contribution in [0, 0.1) is 0 Å². The van der Waals surface area contributed by atoms with Crippen LogP contribution in [0.5, 0.6) is 0 Å². The van der Waals surface area contributed by atoms with E-state index in [4.69, 9.17) is 15.0 Å². The van der Waals surface area contributed by atoms with Crippen LogP contribution in [0.3, 0.4) is 0 Å². The molecular weight excluding hydrogens is 553 g/mol. The third-order valence-corrected chi connectivity index (χ3v) is 11.3. The van der Waals surface area contributed by atoms with Crippen LogP contribution in [0.15, 0.2) is 115 Å². The Balaban J connectivity index is 1.48. The molecule has 0 saturated heterocycles. The summed E-state index contributed by atoms with van der Waals surface area (Å²) in [5.74, 6) is 1.96. The van der Waals surface area contributed by atoms with Crippen LogP contribution >= 0.6 is 0 Å². The molecule has 0 unspecified atom stereocenters. The number of nitrogens with zero attached hydrogens (tertiary/aromatic N) is 4. The molecule has 5 heteroatoms. The van der Waals surface area contributed by atoms with Crippen LogP contribution in [0.2, 0.25) is 19.6 Å². The number of rotatable bonds is 4. The molecule has 8 rings (SSSR count). The molecule has 0 spiro atoms. The predicted molar refractivity (Wildman–Crippen MR) is 186 cm³/mol. The Bertz CT molecular complexity index is 2170. The van der Waals surface area contributed by atoms with Gasteiger partial charge in [-0.25, -0.2) is 4.98 Å². The second-order valence-corrected chi connectivity index (χ2v) is 18.5. The molecule has 2 heterocycles. The molecule has 0 bridgehead atoms. The van der Waals surface area contributed by atoms with E-state index in [-0.39, 0.29) is 5.41 Å². The predicted octanol–water partition coefficient (Wildman–Crippen LogP) is 9.15. The maximum atomic E-state index is 5.16. The van der Waals surface area contributed by atoms with Crippen molar-refractivity contribution in [1.29, 1.82) is 0 Å². The smallest absolute Gasteiger partial charge is 0.238 e. The lowest BCUT2D eigenvalue weighted by Crippen LogP contribution is -2.37. The van der Waals surface area contributed by atoms with Crippen molar-refractivity contribution in [3.8, 4) is 39.9 Å². The quantitative estimate of drug-likeness (QED) is 0.193. The lowest BCUT2D eigenvalue weighted by Gasteiger charge is -2.21. The van der Waals surface area contributed by atoms with Gasteiger partial charge in [-0.1, -0.05) is 136 Å². The van der Waals surface area contributed by atoms with E-state index in [0.717, 1.165) is 22.2 Å². The van der Waals surface area contributed by atoms with Crippen molar-refractivity contribution >= 4 is 35.1 Å². The summed E-state index contributed by atoms with van der Waals surface area (Å²) in [7, 11) is -1.57. The van der Waals surface area contributed by atoms with E-state index < -0.39 is 8.07 Å². The summed E-state index contributed by atoms with van der Waals surface area (Å²) < 4.78 is 2.26. The van der Waals surface area contributed by atoms with Gasteiger partial charge in [-0.2, -0.15) is 9.97 Å². The van der Waals surface area contributed by atoms with E-state index in [2.05, 4.69) is 117 Å². The molecule has 7 aromatic rings. The molecule has 0 radical (unpaired) electrons. The highest BCUT2D eigenvalue weighted by Gasteiger charge is 2.36. The fourth-order valence-corrected chi connectivity index (χ4v) is 7.95. The molecule has 0 N–H and O–H groups in total. The van der Waals surface area contributed by atoms with Gasteiger partial charge in [0.25, 0.3) is 0 Å². The van der Waals surface area contributed by atoms with Crippen molar-refractivity contribution < 1.29 is 0 Å². The molecule has 0 atom stereocenters. The Hall–Kier alpha value is -4.87. The molecule has 0 amide bonds. The Morgan fingerprint density at radius 3 is 1.77 bits per heavy atom. The first-order chi connectivity index (χ1) is 21.2. The molecule has 0 aliphatic heterocycles. The highest BCUT2D eigenvalue weighted by Crippen LogP contribution is 2.50. The molecule has 4 nitrogen and oxygen atoms in total. The number of hydrogen-bond donors (Lipinski definition) is 0. The Morgan fingerprint density at radius 2 is 1.14 bits per heavy atom. The number of aromatic nitrogens is 4. The minimum Gasteiger partial charge on any atom is -0.278 e. The Morgan fingerprint density at radius 1 is 0.545 bits per heavy atom. The zero-order valence-electron chi connectivity index (χ0n) is 25.8. The Labute approximate surface area is 259 Å². The van der Waals surface area contributed by atoms with Gasteiger partial charge < -0.3 is 0 Å². The van der Waals surface area contributed by atoms with Crippen LogP contribution in [0.25, 0.3) is 61.7 Å². The largest absolute Gasteiger partial charge is 0.278 e. The van der Waals surface area contributed by atoms with Crippen LogP contribution in [0.1, 0.15) is 25.0 Å². The highest BCUT2D eigenvalue weighted by molar-refractivity contribution is 6.88. The summed E-state index contributed by atoms with van der Waals surface area (Å²) >= 11 is 0. The van der Waals surface area contributed by atoms with Crippen LogP contribution in [0.4, 0.5) is 0 Å². The van der Waals surface area contributed by atoms with E-state index in [9.17, 15) is 0 Å². The van der Waals surface area contributed by atoms with Gasteiger partial charge in [-0.15, -0.1) is 0 Å². The van der Waals surface area contributed by atoms with Gasteiger partial charge in [0, 0.05) is 27.3 Å². The summed E-state index contributed by atoms with van der Waals surface area (Å²) in [6.45, 7) is 11.9. The van der Waals surface area contributed by atoms with Crippen LogP contribution in [-0.4, -0.2) is 27.6 Å². The van der Waals surface area contributed by atoms with Gasteiger partial charge in [0.2, 0.25) is 5.95 Å². The standard InChI is InChI=1S/C39H34N4Si/c1-39(2)32-19-13-12-18-28(32)29-23-31-30-22-27(44(3,4)5)20-21-34(30)43(35(31)24-33(29)39)38-41-36(25-14-8-6-9-15-25)40-37(42-38)26-16-10-7-11-17-26/h6-24H,1-5H3. The molecule has 1 aliphatic rings. The van der Waals surface area contributed by atoms with Crippen molar-refractivity contribution in [3.05, 3.63) is 126 Å². The first-order valence-corrected chi connectivity index (χ1v) is 18.8. The monoisotopic (exact) mass is 586 g/mol. The molecular formula is C39H34N4Si. The fourth-order valence-electron chi connectivity index (χ4n) is 6.79. The molecule has 5 aromatic carbocycles. The lowest BCUT2D eigenvalue weighted by molar-refractivity contribution is 0.661. The van der Waals surface area contributed by atoms with Crippen molar-refractivity contribution in [2.24, 2.45) is 0 Å². The summed E-state index contributed by atoms with van der Waals surface area (Å²) in [5.41, 5.74) is 9.41. The summed E-state index contributed by atoms with van der Waals surface area (Å²) in [6.07, 6.45) is 0. The molecule has 0 saturated carbocycles. The van der Waals surface area contributed by atoms with Crippen molar-refractivity contribution in [2.45, 2.75) is 38.9 Å². The molecule has 214 valence electrons. The highest BCUT2D eigenvalue weighted by atomic mass is 28.3. The third-order valence-electron chi connectivity index (χ3n) is 9.22. The number of hydrogen-bond acceptors (Lipinski definition) is 3. The van der Waals surface area contributed by atoms with E-state index in [1.54, 1.807) is 0 Å². The van der Waals surface area contributed by atoms with Crippen LogP contribution < -0.4 is 5.19 Å². The van der Waals surface area contributed by atoms with E-state index in [1.807, 2.05) is 36.4 Å². The zero-order chi connectivity index (χ0) is 30.2. The van der Waals surface area contributed by atoms with Gasteiger partial charge in [0.05, 0.1) is 19.1 Å². The van der Waals surface area contributed by atoms with Gasteiger partial charge >= 0.3 is 0 Å². The van der Waals surface area contributed by atoms with E-state index in [1.165, 1.54) is 38.2 Å². The average molecular weight is 587 g/mol. The molecule has 0 fully saturated rings. The number of fused-ring (bicyclic) bond motifs is 6. The second kappa shape index (κ2) is 9.56. The van der Waals surface area contributed by atoms with Gasteiger partial charge in [0.15, 0.2) is 11.6 Å². The third kappa shape index (κ3) is 4.07. The molecule has 44 heavy (non-hydrogen) atoms. The zero-order valence-corrected chi connectivity index (χ0v) is 26.8. The van der Waals surface area contributed by atoms with Gasteiger partial charge in [0.1, 0.15) is 0 Å². The van der Waals surface area contributed by atoms with E-state index >= 15 is 0 Å². The molecule has 2 aromatic heterocycles. The van der Waals surface area contributed by atoms with Crippen LogP contribution in [-0.2, 0) is 5.41 Å². The van der Waals surface area contributed by atoms with Gasteiger partial charge in [-0.3, -0.25) is 4.57 Å². The maximum absolute atomic E-state index is 5.16. The maximum Gasteiger partial charge on any atom is 0.238 e. The average Bonchev–Trinajstić information content (AvgIpc) is 3.48. The first-order valence-electron chi connectivity index (χ1n) is 15.3. The van der Waals surface area contributed by atoms with Crippen molar-refractivity contribution in [3.63, 3.8) is 0 Å². The molecule has 1 aliphatic carbocycles. The SMILES string of the molecule is CC1(C)c2ccccc2-c2cc3c4cc([Si](C)(C)C)ccc4n(-c4nc(-c5ccccc5)nc(-c5ccccc5)n4)c3cc21. The minimum atomic E-state index is -1.57. The van der Waals surface area contributed by atoms with E-state index in [0.29, 0.717) is 17.6 Å². The minimum absolute atomic E-state index is 0.117. The topological polar surface area (TPSA) is 43.6 Å². The normalized spacial score (nSPS) is 13.8. The first kappa shape index (κ1) is 26.7. The second-order valence-electron chi connectivity index (χ2n) is 13.4. The Kier molecular flexibility index (Phi) is 5.81. The summed E-state index contributed by atoms with van der Waals surface area (Å²) in [4.78, 5) is 15.3. The summed E-state index contributed by atoms with van der Waals surface area (Å²) in [5, 5.41) is 3.91. The lowest BCUT2D eigenvalue weighted by atomic mass is 9.82. The fraction of sp³-hybridized carbons (Fsp3) is 0.154. The summed E-state index contributed by atoms with van der Waals surface area (Å²) in [6, 6.07) is 41.1. The number of benzene rings is 5. The van der Waals surface area contributed by atoms with Crippen molar-refractivity contribution in [1.82, 2.24) is 19.5 Å². The van der Waals surface area contributed by atoms with Gasteiger partial charge in [-0.05, 0) is 40.5 Å². The van der Waals surface area contributed by atoms with Crippen molar-refractivity contribution in [2.75, 3.05) is 0 Å².